The maximum absolute atomic E-state index is 5.87. The summed E-state index contributed by atoms with van der Waals surface area (Å²) in [6.45, 7) is 2.86. The molecule has 0 aromatic heterocycles. The average Bonchev–Trinajstić information content (AvgIpc) is 2.01. The Labute approximate surface area is 75.7 Å². The van der Waals surface area contributed by atoms with Crippen molar-refractivity contribution in [3.05, 3.63) is 0 Å². The molecule has 0 rings (SSSR count). The Hall–Kier alpha value is -0.120. The summed E-state index contributed by atoms with van der Waals surface area (Å²) in [5.74, 6) is 0. The van der Waals surface area contributed by atoms with Crippen molar-refractivity contribution in [1.29, 1.82) is 0 Å². The molecule has 0 aliphatic carbocycles. The molecule has 0 bridgehead atoms. The van der Waals surface area contributed by atoms with Gasteiger partial charge < -0.3 is 17.2 Å². The van der Waals surface area contributed by atoms with Crippen LogP contribution in [0.1, 0.15) is 45.4 Å². The van der Waals surface area contributed by atoms with E-state index in [-0.39, 0.29) is 0 Å². The lowest BCUT2D eigenvalue weighted by molar-refractivity contribution is 0.356. The third-order valence-electron chi connectivity index (χ3n) is 2.09. The summed E-state index contributed by atoms with van der Waals surface area (Å²) in [5.41, 5.74) is 16.6. The summed E-state index contributed by atoms with van der Waals surface area (Å²) in [7, 11) is 0. The summed E-state index contributed by atoms with van der Waals surface area (Å²) >= 11 is 0. The lowest BCUT2D eigenvalue weighted by Gasteiger charge is -2.24. The second kappa shape index (κ2) is 6.40. The molecule has 74 valence electrons. The fourth-order valence-corrected chi connectivity index (χ4v) is 1.26. The van der Waals surface area contributed by atoms with Crippen LogP contribution in [0.2, 0.25) is 0 Å². The molecule has 0 aromatic carbocycles. The summed E-state index contributed by atoms with van der Waals surface area (Å²) in [6.07, 6.45) is 6.26. The third-order valence-corrected chi connectivity index (χ3v) is 2.09. The van der Waals surface area contributed by atoms with Gasteiger partial charge in [-0.05, 0) is 25.8 Å². The quantitative estimate of drug-likeness (QED) is 0.396. The third kappa shape index (κ3) is 6.58. The highest BCUT2D eigenvalue weighted by atomic mass is 14.9. The first-order valence-corrected chi connectivity index (χ1v) is 4.90. The number of hydrogen-bond donors (Lipinski definition) is 3. The Morgan fingerprint density at radius 1 is 1.00 bits per heavy atom. The molecule has 0 aliphatic rings. The van der Waals surface area contributed by atoms with Gasteiger partial charge in [0.15, 0.2) is 0 Å². The van der Waals surface area contributed by atoms with E-state index in [1.807, 2.05) is 0 Å². The highest BCUT2D eigenvalue weighted by Gasteiger charge is 2.16. The second-order valence-corrected chi connectivity index (χ2v) is 3.58. The molecule has 6 N–H and O–H groups in total. The van der Waals surface area contributed by atoms with Crippen molar-refractivity contribution in [2.24, 2.45) is 17.2 Å². The molecule has 0 saturated heterocycles. The predicted octanol–water partition coefficient (Wildman–Crippen LogP) is 0.919. The van der Waals surface area contributed by atoms with Gasteiger partial charge in [-0.15, -0.1) is 0 Å². The van der Waals surface area contributed by atoms with E-state index in [0.29, 0.717) is 6.54 Å². The van der Waals surface area contributed by atoms with Crippen molar-refractivity contribution < 1.29 is 0 Å². The van der Waals surface area contributed by atoms with Crippen LogP contribution in [0.25, 0.3) is 0 Å². The van der Waals surface area contributed by atoms with E-state index < -0.39 is 5.66 Å². The summed E-state index contributed by atoms with van der Waals surface area (Å²) in [6, 6.07) is 0. The van der Waals surface area contributed by atoms with Crippen LogP contribution in [0.5, 0.6) is 0 Å². The second-order valence-electron chi connectivity index (χ2n) is 3.58. The molecule has 0 aromatic rings. The molecule has 0 atom stereocenters. The van der Waals surface area contributed by atoms with Gasteiger partial charge in [0.2, 0.25) is 0 Å². The topological polar surface area (TPSA) is 78.1 Å². The smallest absolute Gasteiger partial charge is 0.0637 e. The summed E-state index contributed by atoms with van der Waals surface area (Å²) in [5, 5.41) is 0. The molecule has 0 aliphatic heterocycles. The fraction of sp³-hybridized carbons (Fsp3) is 1.00. The lowest BCUT2D eigenvalue weighted by atomic mass is 9.98. The molecular weight excluding hydrogens is 150 g/mol. The Balaban J connectivity index is 3.42. The normalized spacial score (nSPS) is 12.0. The fourth-order valence-electron chi connectivity index (χ4n) is 1.26. The molecule has 3 nitrogen and oxygen atoms in total. The minimum Gasteiger partial charge on any atom is -0.330 e. The van der Waals surface area contributed by atoms with Gasteiger partial charge in [0, 0.05) is 0 Å². The molecule has 0 amide bonds. The molecule has 0 heterocycles. The standard InChI is InChI=1S/C9H23N3/c1-2-3-4-6-9(11,12)7-5-8-10/h2-8,10-12H2,1H3. The maximum atomic E-state index is 5.87. The SMILES string of the molecule is CCCCCC(N)(N)CCCN. The van der Waals surface area contributed by atoms with E-state index in [1.54, 1.807) is 0 Å². The number of rotatable bonds is 7. The van der Waals surface area contributed by atoms with Crippen LogP contribution >= 0.6 is 0 Å². The van der Waals surface area contributed by atoms with Crippen molar-refractivity contribution in [2.45, 2.75) is 51.1 Å². The molecule has 0 fully saturated rings. The first-order chi connectivity index (χ1) is 5.62. The number of hydrogen-bond acceptors (Lipinski definition) is 3. The van der Waals surface area contributed by atoms with E-state index in [0.717, 1.165) is 25.7 Å². The maximum Gasteiger partial charge on any atom is 0.0637 e. The Kier molecular flexibility index (Phi) is 6.34. The Morgan fingerprint density at radius 3 is 2.08 bits per heavy atom. The van der Waals surface area contributed by atoms with Crippen molar-refractivity contribution >= 4 is 0 Å². The van der Waals surface area contributed by atoms with Crippen LogP contribution in [-0.2, 0) is 0 Å². The van der Waals surface area contributed by atoms with Gasteiger partial charge >= 0.3 is 0 Å². The molecule has 0 radical (unpaired) electrons. The first-order valence-electron chi connectivity index (χ1n) is 4.90. The highest BCUT2D eigenvalue weighted by molar-refractivity contribution is 4.76. The van der Waals surface area contributed by atoms with Crippen molar-refractivity contribution in [3.8, 4) is 0 Å². The van der Waals surface area contributed by atoms with Gasteiger partial charge in [0.1, 0.15) is 0 Å². The first kappa shape index (κ1) is 11.9. The lowest BCUT2D eigenvalue weighted by Crippen LogP contribution is -2.49. The van der Waals surface area contributed by atoms with Gasteiger partial charge in [-0.2, -0.15) is 0 Å². The Morgan fingerprint density at radius 2 is 1.58 bits per heavy atom. The molecule has 12 heavy (non-hydrogen) atoms. The predicted molar refractivity (Wildman–Crippen MR) is 53.5 cm³/mol. The van der Waals surface area contributed by atoms with Gasteiger partial charge in [0.05, 0.1) is 5.66 Å². The van der Waals surface area contributed by atoms with Crippen molar-refractivity contribution in [1.82, 2.24) is 0 Å². The molecule has 0 unspecified atom stereocenters. The zero-order valence-electron chi connectivity index (χ0n) is 8.18. The van der Waals surface area contributed by atoms with Crippen LogP contribution in [-0.4, -0.2) is 12.2 Å². The Bertz CT molecular complexity index is 102. The molecule has 3 heteroatoms. The van der Waals surface area contributed by atoms with Crippen LogP contribution in [0, 0.1) is 0 Å². The average molecular weight is 173 g/mol. The van der Waals surface area contributed by atoms with E-state index in [4.69, 9.17) is 17.2 Å². The summed E-state index contributed by atoms with van der Waals surface area (Å²) < 4.78 is 0. The monoisotopic (exact) mass is 173 g/mol. The van der Waals surface area contributed by atoms with Crippen molar-refractivity contribution in [2.75, 3.05) is 6.54 Å². The van der Waals surface area contributed by atoms with Gasteiger partial charge in [-0.1, -0.05) is 26.2 Å². The van der Waals surface area contributed by atoms with Crippen LogP contribution in [0.4, 0.5) is 0 Å². The number of unbranched alkanes of at least 4 members (excludes halogenated alkanes) is 2. The zero-order chi connectivity index (χ0) is 9.45. The molecular formula is C9H23N3. The van der Waals surface area contributed by atoms with E-state index in [9.17, 15) is 0 Å². The molecule has 0 spiro atoms. The van der Waals surface area contributed by atoms with Gasteiger partial charge in [-0.3, -0.25) is 0 Å². The number of nitrogens with two attached hydrogens (primary N) is 3. The zero-order valence-corrected chi connectivity index (χ0v) is 8.18. The summed E-state index contributed by atoms with van der Waals surface area (Å²) in [4.78, 5) is 0. The van der Waals surface area contributed by atoms with Crippen LogP contribution < -0.4 is 17.2 Å². The minimum absolute atomic E-state index is 0.478. The highest BCUT2D eigenvalue weighted by Crippen LogP contribution is 2.11. The van der Waals surface area contributed by atoms with E-state index in [1.165, 1.54) is 12.8 Å². The van der Waals surface area contributed by atoms with Gasteiger partial charge in [-0.25, -0.2) is 0 Å². The van der Waals surface area contributed by atoms with Gasteiger partial charge in [0.25, 0.3) is 0 Å². The minimum atomic E-state index is -0.478. The molecule has 0 saturated carbocycles. The van der Waals surface area contributed by atoms with E-state index >= 15 is 0 Å². The largest absolute Gasteiger partial charge is 0.330 e. The van der Waals surface area contributed by atoms with E-state index in [2.05, 4.69) is 6.92 Å². The van der Waals surface area contributed by atoms with Crippen LogP contribution in [0.3, 0.4) is 0 Å². The van der Waals surface area contributed by atoms with Crippen molar-refractivity contribution in [3.63, 3.8) is 0 Å². The van der Waals surface area contributed by atoms with Crippen LogP contribution in [0.15, 0.2) is 0 Å².